The Balaban J connectivity index is 1.38. The summed E-state index contributed by atoms with van der Waals surface area (Å²) in [5.74, 6) is 1.09. The molecule has 1 fully saturated rings. The predicted octanol–water partition coefficient (Wildman–Crippen LogP) is 2.67. The third-order valence-electron chi connectivity index (χ3n) is 4.97. The van der Waals surface area contributed by atoms with E-state index in [1.165, 1.54) is 5.69 Å². The summed E-state index contributed by atoms with van der Waals surface area (Å²) in [7, 11) is 0. The smallest absolute Gasteiger partial charge is 0.233 e. The minimum Gasteiger partial charge on any atom is -0.388 e. The van der Waals surface area contributed by atoms with E-state index in [-0.39, 0.29) is 6.10 Å². The van der Waals surface area contributed by atoms with Crippen molar-refractivity contribution in [1.82, 2.24) is 19.3 Å². The molecule has 0 bridgehead atoms. The van der Waals surface area contributed by atoms with Crippen molar-refractivity contribution in [2.75, 3.05) is 13.1 Å². The molecule has 3 heterocycles. The van der Waals surface area contributed by atoms with Crippen molar-refractivity contribution in [1.29, 1.82) is 0 Å². The van der Waals surface area contributed by atoms with E-state index in [0.29, 0.717) is 5.92 Å². The maximum absolute atomic E-state index is 10.6. The number of aliphatic hydroxyl groups excluding tert-OH is 1. The summed E-state index contributed by atoms with van der Waals surface area (Å²) in [4.78, 5) is 11.1. The summed E-state index contributed by atoms with van der Waals surface area (Å²) >= 11 is 0. The molecule has 0 aliphatic carbocycles. The van der Waals surface area contributed by atoms with Gasteiger partial charge in [-0.2, -0.15) is 0 Å². The molecule has 5 nitrogen and oxygen atoms in total. The number of benzene rings is 1. The number of hydrogen-bond acceptors (Lipinski definition) is 4. The van der Waals surface area contributed by atoms with Crippen LogP contribution in [0.2, 0.25) is 0 Å². The van der Waals surface area contributed by atoms with Gasteiger partial charge in [0.05, 0.1) is 18.0 Å². The monoisotopic (exact) mass is 322 g/mol. The minimum atomic E-state index is -0.353. The first kappa shape index (κ1) is 15.3. The third kappa shape index (κ3) is 3.05. The van der Waals surface area contributed by atoms with E-state index in [0.717, 1.165) is 43.8 Å². The number of rotatable bonds is 4. The second-order valence-corrected chi connectivity index (χ2v) is 6.51. The lowest BCUT2D eigenvalue weighted by Crippen LogP contribution is -2.35. The standard InChI is InChI=1S/C19H22N4O/c24-18(15-5-2-1-3-6-15)16-7-11-22(12-8-16)14-17-13-21-19-20-9-4-10-23(17)19/h1-6,9-10,13,16,18,24H,7-8,11-12,14H2. The highest BCUT2D eigenvalue weighted by molar-refractivity contribution is 5.30. The Morgan fingerprint density at radius 1 is 1.08 bits per heavy atom. The van der Waals surface area contributed by atoms with Crippen LogP contribution in [0, 0.1) is 5.92 Å². The van der Waals surface area contributed by atoms with Crippen molar-refractivity contribution in [2.24, 2.45) is 5.92 Å². The van der Waals surface area contributed by atoms with Gasteiger partial charge in [0.1, 0.15) is 0 Å². The number of piperidine rings is 1. The Morgan fingerprint density at radius 3 is 2.67 bits per heavy atom. The fourth-order valence-corrected chi connectivity index (χ4v) is 3.57. The van der Waals surface area contributed by atoms with E-state index in [4.69, 9.17) is 0 Å². The molecule has 2 aromatic heterocycles. The Hall–Kier alpha value is -2.24. The molecule has 0 saturated carbocycles. The summed E-state index contributed by atoms with van der Waals surface area (Å²) in [5.41, 5.74) is 2.20. The number of aromatic nitrogens is 3. The van der Waals surface area contributed by atoms with E-state index in [9.17, 15) is 5.11 Å². The fourth-order valence-electron chi connectivity index (χ4n) is 3.57. The average Bonchev–Trinajstić information content (AvgIpc) is 3.06. The molecule has 1 saturated heterocycles. The molecule has 3 aromatic rings. The zero-order chi connectivity index (χ0) is 16.4. The van der Waals surface area contributed by atoms with Crippen molar-refractivity contribution in [2.45, 2.75) is 25.5 Å². The van der Waals surface area contributed by atoms with Crippen molar-refractivity contribution in [3.05, 3.63) is 66.2 Å². The zero-order valence-electron chi connectivity index (χ0n) is 13.6. The molecule has 4 rings (SSSR count). The Morgan fingerprint density at radius 2 is 1.88 bits per heavy atom. The van der Waals surface area contributed by atoms with Crippen LogP contribution >= 0.6 is 0 Å². The first-order valence-electron chi connectivity index (χ1n) is 8.53. The molecule has 1 aliphatic heterocycles. The maximum atomic E-state index is 10.6. The second-order valence-electron chi connectivity index (χ2n) is 6.51. The molecule has 0 radical (unpaired) electrons. The molecule has 1 N–H and O–H groups in total. The SMILES string of the molecule is OC(c1ccccc1)C1CCN(Cc2cnc3ncccn23)CC1. The summed E-state index contributed by atoms with van der Waals surface area (Å²) < 4.78 is 2.05. The van der Waals surface area contributed by atoms with E-state index in [1.54, 1.807) is 6.20 Å². The second kappa shape index (κ2) is 6.71. The van der Waals surface area contributed by atoms with Crippen LogP contribution in [0.3, 0.4) is 0 Å². The molecule has 24 heavy (non-hydrogen) atoms. The fraction of sp³-hybridized carbons (Fsp3) is 0.368. The molecule has 0 amide bonds. The topological polar surface area (TPSA) is 53.7 Å². The van der Waals surface area contributed by atoms with Crippen LogP contribution in [-0.2, 0) is 6.54 Å². The molecule has 1 atom stereocenters. The third-order valence-corrected chi connectivity index (χ3v) is 4.97. The van der Waals surface area contributed by atoms with E-state index < -0.39 is 0 Å². The number of fused-ring (bicyclic) bond motifs is 1. The van der Waals surface area contributed by atoms with Gasteiger partial charge >= 0.3 is 0 Å². The van der Waals surface area contributed by atoms with Crippen LogP contribution < -0.4 is 0 Å². The van der Waals surface area contributed by atoms with Crippen molar-refractivity contribution in [3.8, 4) is 0 Å². The highest BCUT2D eigenvalue weighted by Crippen LogP contribution is 2.31. The van der Waals surface area contributed by atoms with Gasteiger partial charge < -0.3 is 5.11 Å². The highest BCUT2D eigenvalue weighted by Gasteiger charge is 2.26. The number of nitrogens with zero attached hydrogens (tertiary/aromatic N) is 4. The highest BCUT2D eigenvalue weighted by atomic mass is 16.3. The first-order valence-corrected chi connectivity index (χ1v) is 8.53. The molecular weight excluding hydrogens is 300 g/mol. The Labute approximate surface area is 141 Å². The number of likely N-dealkylation sites (tertiary alicyclic amines) is 1. The Bertz CT molecular complexity index is 793. The van der Waals surface area contributed by atoms with Gasteiger partial charge in [0.25, 0.3) is 0 Å². The van der Waals surface area contributed by atoms with Crippen molar-refractivity contribution in [3.63, 3.8) is 0 Å². The molecule has 1 aliphatic rings. The number of hydrogen-bond donors (Lipinski definition) is 1. The predicted molar refractivity (Wildman–Crippen MR) is 92.4 cm³/mol. The van der Waals surface area contributed by atoms with Crippen molar-refractivity contribution >= 4 is 5.78 Å². The van der Waals surface area contributed by atoms with Gasteiger partial charge in [0.15, 0.2) is 0 Å². The van der Waals surface area contributed by atoms with Crippen LogP contribution in [0.4, 0.5) is 0 Å². The largest absolute Gasteiger partial charge is 0.388 e. The molecule has 0 spiro atoms. The van der Waals surface area contributed by atoms with Gasteiger partial charge in [-0.3, -0.25) is 9.30 Å². The quantitative estimate of drug-likeness (QED) is 0.802. The number of imidazole rings is 1. The zero-order valence-corrected chi connectivity index (χ0v) is 13.6. The molecule has 5 heteroatoms. The molecule has 1 unspecified atom stereocenters. The van der Waals surface area contributed by atoms with Crippen LogP contribution in [0.1, 0.15) is 30.2 Å². The summed E-state index contributed by atoms with van der Waals surface area (Å²) in [6, 6.07) is 11.9. The normalized spacial score (nSPS) is 18.0. The number of aliphatic hydroxyl groups is 1. The van der Waals surface area contributed by atoms with Crippen molar-refractivity contribution < 1.29 is 5.11 Å². The maximum Gasteiger partial charge on any atom is 0.233 e. The molecular formula is C19H22N4O. The van der Waals surface area contributed by atoms with Gasteiger partial charge in [0, 0.05) is 18.9 Å². The lowest BCUT2D eigenvalue weighted by atomic mass is 9.87. The van der Waals surface area contributed by atoms with Crippen LogP contribution in [0.25, 0.3) is 5.78 Å². The van der Waals surface area contributed by atoms with E-state index in [1.807, 2.05) is 53.2 Å². The minimum absolute atomic E-state index is 0.340. The molecule has 1 aromatic carbocycles. The van der Waals surface area contributed by atoms with Crippen LogP contribution in [-0.4, -0.2) is 37.5 Å². The van der Waals surface area contributed by atoms with Gasteiger partial charge in [-0.15, -0.1) is 0 Å². The van der Waals surface area contributed by atoms with Gasteiger partial charge in [-0.1, -0.05) is 30.3 Å². The van der Waals surface area contributed by atoms with Gasteiger partial charge in [-0.05, 0) is 43.5 Å². The Kier molecular flexibility index (Phi) is 4.28. The van der Waals surface area contributed by atoms with Gasteiger partial charge in [-0.25, -0.2) is 9.97 Å². The van der Waals surface area contributed by atoms with E-state index >= 15 is 0 Å². The summed E-state index contributed by atoms with van der Waals surface area (Å²) in [6.45, 7) is 2.88. The van der Waals surface area contributed by atoms with Crippen LogP contribution in [0.5, 0.6) is 0 Å². The lowest BCUT2D eigenvalue weighted by Gasteiger charge is -2.34. The average molecular weight is 322 g/mol. The first-order chi connectivity index (χ1) is 11.8. The van der Waals surface area contributed by atoms with Crippen LogP contribution in [0.15, 0.2) is 55.0 Å². The summed E-state index contributed by atoms with van der Waals surface area (Å²) in [5, 5.41) is 10.6. The van der Waals surface area contributed by atoms with E-state index in [2.05, 4.69) is 14.9 Å². The lowest BCUT2D eigenvalue weighted by molar-refractivity contribution is 0.0563. The van der Waals surface area contributed by atoms with Gasteiger partial charge in [0.2, 0.25) is 5.78 Å². The summed E-state index contributed by atoms with van der Waals surface area (Å²) in [6.07, 6.45) is 7.37. The molecule has 124 valence electrons.